The van der Waals surface area contributed by atoms with Gasteiger partial charge in [-0.2, -0.15) is 13.1 Å². The van der Waals surface area contributed by atoms with Gasteiger partial charge in [-0.25, -0.2) is 4.72 Å². The van der Waals surface area contributed by atoms with Crippen molar-refractivity contribution in [2.24, 2.45) is 5.11 Å². The molecule has 0 aromatic heterocycles. The number of nitrogens with zero attached hydrogens (tertiary/aromatic N) is 3. The SMILES string of the molecule is CC(C)NS(=O)(=O)NCCCCN=[N+]=[N-]. The number of unbranched alkanes of at least 4 members (excludes halogenated alkanes) is 1. The Morgan fingerprint density at radius 2 is 2.07 bits per heavy atom. The van der Waals surface area contributed by atoms with Gasteiger partial charge in [-0.1, -0.05) is 5.11 Å². The molecule has 0 heterocycles. The molecule has 0 radical (unpaired) electrons. The van der Waals surface area contributed by atoms with Crippen LogP contribution in [0, 0.1) is 0 Å². The van der Waals surface area contributed by atoms with Gasteiger partial charge in [0.05, 0.1) is 0 Å². The van der Waals surface area contributed by atoms with E-state index in [-0.39, 0.29) is 6.04 Å². The highest BCUT2D eigenvalue weighted by Crippen LogP contribution is 1.90. The van der Waals surface area contributed by atoms with Gasteiger partial charge in [0.25, 0.3) is 10.2 Å². The van der Waals surface area contributed by atoms with Gasteiger partial charge in [0, 0.05) is 24.0 Å². The maximum atomic E-state index is 11.2. The molecular formula is C7H17N5O2S. The van der Waals surface area contributed by atoms with E-state index in [0.717, 1.165) is 0 Å². The van der Waals surface area contributed by atoms with Crippen molar-refractivity contribution < 1.29 is 8.42 Å². The van der Waals surface area contributed by atoms with E-state index in [1.165, 1.54) is 0 Å². The Hall–Kier alpha value is -0.820. The Balaban J connectivity index is 3.62. The molecule has 0 spiro atoms. The molecule has 0 atom stereocenters. The van der Waals surface area contributed by atoms with Gasteiger partial charge >= 0.3 is 0 Å². The van der Waals surface area contributed by atoms with Crippen LogP contribution in [0.5, 0.6) is 0 Å². The normalized spacial score (nSPS) is 11.4. The topological polar surface area (TPSA) is 107 Å². The molecule has 0 aromatic carbocycles. The smallest absolute Gasteiger partial charge is 0.202 e. The van der Waals surface area contributed by atoms with Crippen molar-refractivity contribution in [1.82, 2.24) is 9.44 Å². The van der Waals surface area contributed by atoms with Crippen LogP contribution in [0.3, 0.4) is 0 Å². The lowest BCUT2D eigenvalue weighted by atomic mass is 10.3. The molecule has 0 aromatic rings. The highest BCUT2D eigenvalue weighted by molar-refractivity contribution is 7.87. The van der Waals surface area contributed by atoms with Crippen LogP contribution in [0.15, 0.2) is 5.11 Å². The lowest BCUT2D eigenvalue weighted by Crippen LogP contribution is -2.40. The predicted molar refractivity (Wildman–Crippen MR) is 58.4 cm³/mol. The fourth-order valence-corrected chi connectivity index (χ4v) is 2.03. The van der Waals surface area contributed by atoms with Gasteiger partial charge in [0.2, 0.25) is 0 Å². The van der Waals surface area contributed by atoms with Crippen LogP contribution < -0.4 is 9.44 Å². The molecule has 0 fully saturated rings. The third kappa shape index (κ3) is 9.48. The van der Waals surface area contributed by atoms with Crippen LogP contribution in [0.25, 0.3) is 10.4 Å². The summed E-state index contributed by atoms with van der Waals surface area (Å²) in [5.41, 5.74) is 7.99. The van der Waals surface area contributed by atoms with E-state index in [1.54, 1.807) is 13.8 Å². The molecule has 0 aliphatic carbocycles. The molecule has 0 unspecified atom stereocenters. The van der Waals surface area contributed by atoms with Crippen molar-refractivity contribution in [1.29, 1.82) is 0 Å². The molecule has 0 rings (SSSR count). The van der Waals surface area contributed by atoms with Crippen LogP contribution in [-0.2, 0) is 10.2 Å². The third-order valence-corrected chi connectivity index (χ3v) is 2.80. The van der Waals surface area contributed by atoms with Gasteiger partial charge < -0.3 is 0 Å². The van der Waals surface area contributed by atoms with Crippen LogP contribution in [-0.4, -0.2) is 27.5 Å². The highest BCUT2D eigenvalue weighted by atomic mass is 32.2. The summed E-state index contributed by atoms with van der Waals surface area (Å²) in [6, 6.07) is -0.120. The minimum absolute atomic E-state index is 0.120. The van der Waals surface area contributed by atoms with E-state index < -0.39 is 10.2 Å². The van der Waals surface area contributed by atoms with E-state index in [9.17, 15) is 8.42 Å². The Labute approximate surface area is 90.1 Å². The Morgan fingerprint density at radius 3 is 2.60 bits per heavy atom. The third-order valence-electron chi connectivity index (χ3n) is 1.43. The van der Waals surface area contributed by atoms with Crippen LogP contribution >= 0.6 is 0 Å². The van der Waals surface area contributed by atoms with Gasteiger partial charge in [0.15, 0.2) is 0 Å². The fraction of sp³-hybridized carbons (Fsp3) is 1.00. The lowest BCUT2D eigenvalue weighted by Gasteiger charge is -2.09. The maximum absolute atomic E-state index is 11.2. The molecule has 0 saturated heterocycles. The lowest BCUT2D eigenvalue weighted by molar-refractivity contribution is 0.551. The van der Waals surface area contributed by atoms with Gasteiger partial charge in [-0.3, -0.25) is 0 Å². The molecule has 2 N–H and O–H groups in total. The summed E-state index contributed by atoms with van der Waals surface area (Å²) < 4.78 is 27.2. The predicted octanol–water partition coefficient (Wildman–Crippen LogP) is 0.909. The van der Waals surface area contributed by atoms with Crippen molar-refractivity contribution in [3.63, 3.8) is 0 Å². The monoisotopic (exact) mass is 235 g/mol. The van der Waals surface area contributed by atoms with E-state index >= 15 is 0 Å². The van der Waals surface area contributed by atoms with Crippen LogP contribution in [0.2, 0.25) is 0 Å². The first kappa shape index (κ1) is 14.2. The maximum Gasteiger partial charge on any atom is 0.277 e. The summed E-state index contributed by atoms with van der Waals surface area (Å²) in [6.07, 6.45) is 1.33. The summed E-state index contributed by atoms with van der Waals surface area (Å²) in [5, 5.41) is 3.34. The van der Waals surface area contributed by atoms with Gasteiger partial charge in [0.1, 0.15) is 0 Å². The van der Waals surface area contributed by atoms with Crippen molar-refractivity contribution in [3.05, 3.63) is 10.4 Å². The second-order valence-corrected chi connectivity index (χ2v) is 4.86. The Kier molecular flexibility index (Phi) is 7.06. The first-order valence-corrected chi connectivity index (χ1v) is 6.24. The van der Waals surface area contributed by atoms with E-state index in [1.807, 2.05) is 0 Å². The first-order chi connectivity index (χ1) is 6.98. The Morgan fingerprint density at radius 1 is 1.40 bits per heavy atom. The van der Waals surface area contributed by atoms with Crippen molar-refractivity contribution in [3.8, 4) is 0 Å². The largest absolute Gasteiger partial charge is 0.277 e. The average molecular weight is 235 g/mol. The zero-order valence-corrected chi connectivity index (χ0v) is 9.79. The van der Waals surface area contributed by atoms with Crippen LogP contribution in [0.4, 0.5) is 0 Å². The molecule has 0 saturated carbocycles. The summed E-state index contributed by atoms with van der Waals surface area (Å²) >= 11 is 0. The zero-order chi connectivity index (χ0) is 11.7. The Bertz CT molecular complexity index is 307. The molecule has 0 aliphatic heterocycles. The number of azide groups is 1. The number of hydrogen-bond donors (Lipinski definition) is 2. The molecule has 15 heavy (non-hydrogen) atoms. The number of nitrogens with one attached hydrogen (secondary N) is 2. The van der Waals surface area contributed by atoms with Crippen molar-refractivity contribution >= 4 is 10.2 Å². The fourth-order valence-electron chi connectivity index (χ4n) is 0.911. The van der Waals surface area contributed by atoms with E-state index in [4.69, 9.17) is 5.53 Å². The average Bonchev–Trinajstić information content (AvgIpc) is 2.08. The van der Waals surface area contributed by atoms with Gasteiger partial charge in [-0.05, 0) is 32.2 Å². The quantitative estimate of drug-likeness (QED) is 0.282. The second-order valence-electron chi connectivity index (χ2n) is 3.33. The second kappa shape index (κ2) is 7.47. The van der Waals surface area contributed by atoms with Crippen molar-refractivity contribution in [2.45, 2.75) is 32.7 Å². The minimum Gasteiger partial charge on any atom is -0.202 e. The zero-order valence-electron chi connectivity index (χ0n) is 8.97. The number of rotatable bonds is 8. The summed E-state index contributed by atoms with van der Waals surface area (Å²) in [4.78, 5) is 2.60. The summed E-state index contributed by atoms with van der Waals surface area (Å²) in [5.74, 6) is 0. The standard InChI is InChI=1S/C7H17N5O2S/c1-7(2)11-15(13,14)10-6-4-3-5-9-12-8/h7,10-11H,3-6H2,1-2H3. The van der Waals surface area contributed by atoms with Crippen LogP contribution in [0.1, 0.15) is 26.7 Å². The minimum atomic E-state index is -3.38. The number of hydrogen-bond acceptors (Lipinski definition) is 3. The molecule has 0 bridgehead atoms. The van der Waals surface area contributed by atoms with E-state index in [0.29, 0.717) is 25.9 Å². The molecule has 0 aliphatic rings. The summed E-state index contributed by atoms with van der Waals surface area (Å²) in [6.45, 7) is 4.25. The van der Waals surface area contributed by atoms with Crippen molar-refractivity contribution in [2.75, 3.05) is 13.1 Å². The first-order valence-electron chi connectivity index (χ1n) is 4.75. The highest BCUT2D eigenvalue weighted by Gasteiger charge is 2.09. The van der Waals surface area contributed by atoms with E-state index in [2.05, 4.69) is 19.5 Å². The molecule has 0 amide bonds. The molecule has 88 valence electrons. The molecule has 8 heteroatoms. The molecule has 7 nitrogen and oxygen atoms in total. The molecular weight excluding hydrogens is 218 g/mol. The van der Waals surface area contributed by atoms with Gasteiger partial charge in [-0.15, -0.1) is 0 Å². The summed E-state index contributed by atoms with van der Waals surface area (Å²) in [7, 11) is -3.38.